The highest BCUT2D eigenvalue weighted by atomic mass is 16.5. The Bertz CT molecular complexity index is 761. The quantitative estimate of drug-likeness (QED) is 0.735. The second-order valence-corrected chi connectivity index (χ2v) is 6.85. The number of hydrogen-bond acceptors (Lipinski definition) is 5. The van der Waals surface area contributed by atoms with Crippen LogP contribution in [-0.2, 0) is 17.8 Å². The number of rotatable bonds is 7. The average molecular weight is 384 g/mol. The van der Waals surface area contributed by atoms with Gasteiger partial charge in [0, 0.05) is 32.7 Å². The minimum atomic E-state index is 0.119. The Morgan fingerprint density at radius 2 is 1.46 bits per heavy atom. The van der Waals surface area contributed by atoms with Crippen LogP contribution < -0.4 is 14.2 Å². The minimum Gasteiger partial charge on any atom is -0.493 e. The molecule has 0 saturated carbocycles. The van der Waals surface area contributed by atoms with E-state index in [0.717, 1.165) is 38.3 Å². The van der Waals surface area contributed by atoms with E-state index in [2.05, 4.69) is 29.2 Å². The number of ether oxygens (including phenoxy) is 3. The molecule has 150 valence electrons. The van der Waals surface area contributed by atoms with E-state index in [0.29, 0.717) is 23.7 Å². The molecule has 1 fully saturated rings. The van der Waals surface area contributed by atoms with Crippen LogP contribution in [0, 0.1) is 0 Å². The predicted octanol–water partition coefficient (Wildman–Crippen LogP) is 2.60. The zero-order valence-corrected chi connectivity index (χ0v) is 16.8. The maximum absolute atomic E-state index is 12.8. The summed E-state index contributed by atoms with van der Waals surface area (Å²) in [5, 5.41) is 0. The lowest BCUT2D eigenvalue weighted by Gasteiger charge is -2.35. The van der Waals surface area contributed by atoms with Crippen LogP contribution in [0.15, 0.2) is 42.5 Å². The maximum atomic E-state index is 12.8. The molecule has 1 aliphatic heterocycles. The summed E-state index contributed by atoms with van der Waals surface area (Å²) in [7, 11) is 4.73. The second kappa shape index (κ2) is 9.46. The Balaban J connectivity index is 1.58. The van der Waals surface area contributed by atoms with E-state index >= 15 is 0 Å². The first kappa shape index (κ1) is 20.0. The molecule has 1 heterocycles. The molecule has 28 heavy (non-hydrogen) atoms. The molecule has 0 atom stereocenters. The van der Waals surface area contributed by atoms with Crippen LogP contribution in [0.5, 0.6) is 17.2 Å². The molecule has 3 rings (SSSR count). The fraction of sp³-hybridized carbons (Fsp3) is 0.409. The van der Waals surface area contributed by atoms with Crippen molar-refractivity contribution < 1.29 is 19.0 Å². The Morgan fingerprint density at radius 3 is 2.00 bits per heavy atom. The van der Waals surface area contributed by atoms with E-state index < -0.39 is 0 Å². The standard InChI is InChI=1S/C22H28N2O4/c1-26-19-13-18(14-20(27-2)22(19)28-3)15-21(25)24-11-9-23(10-12-24)16-17-7-5-4-6-8-17/h4-8,13-14H,9-12,15-16H2,1-3H3. The lowest BCUT2D eigenvalue weighted by molar-refractivity contribution is -0.132. The molecule has 1 aliphatic rings. The van der Waals surface area contributed by atoms with Crippen molar-refractivity contribution in [3.8, 4) is 17.2 Å². The largest absolute Gasteiger partial charge is 0.493 e. The summed E-state index contributed by atoms with van der Waals surface area (Å²) in [6.45, 7) is 4.19. The van der Waals surface area contributed by atoms with Crippen molar-refractivity contribution in [2.24, 2.45) is 0 Å². The normalized spacial score (nSPS) is 14.6. The van der Waals surface area contributed by atoms with Crippen molar-refractivity contribution in [3.05, 3.63) is 53.6 Å². The van der Waals surface area contributed by atoms with E-state index in [1.165, 1.54) is 5.56 Å². The number of carbonyl (C=O) groups excluding carboxylic acids is 1. The Kier molecular flexibility index (Phi) is 6.76. The van der Waals surface area contributed by atoms with Crippen LogP contribution in [0.4, 0.5) is 0 Å². The molecule has 0 aromatic heterocycles. The summed E-state index contributed by atoms with van der Waals surface area (Å²) in [5.74, 6) is 1.79. The van der Waals surface area contributed by atoms with Crippen LogP contribution in [0.25, 0.3) is 0 Å². The highest BCUT2D eigenvalue weighted by Gasteiger charge is 2.22. The zero-order chi connectivity index (χ0) is 19.9. The molecule has 0 aliphatic carbocycles. The van der Waals surface area contributed by atoms with Gasteiger partial charge in [0.1, 0.15) is 0 Å². The molecule has 1 amide bonds. The number of nitrogens with zero attached hydrogens (tertiary/aromatic N) is 2. The summed E-state index contributed by atoms with van der Waals surface area (Å²) in [6, 6.07) is 14.1. The first-order chi connectivity index (χ1) is 13.6. The fourth-order valence-corrected chi connectivity index (χ4v) is 3.52. The monoisotopic (exact) mass is 384 g/mol. The van der Waals surface area contributed by atoms with Crippen LogP contribution in [0.2, 0.25) is 0 Å². The summed E-state index contributed by atoms with van der Waals surface area (Å²) in [6.07, 6.45) is 0.315. The molecule has 1 saturated heterocycles. The van der Waals surface area contributed by atoms with Crippen molar-refractivity contribution >= 4 is 5.91 Å². The van der Waals surface area contributed by atoms with Crippen LogP contribution >= 0.6 is 0 Å². The smallest absolute Gasteiger partial charge is 0.227 e. The average Bonchev–Trinajstić information content (AvgIpc) is 2.74. The second-order valence-electron chi connectivity index (χ2n) is 6.85. The number of piperazine rings is 1. The number of carbonyl (C=O) groups is 1. The van der Waals surface area contributed by atoms with Gasteiger partial charge in [0.05, 0.1) is 27.8 Å². The van der Waals surface area contributed by atoms with Crippen molar-refractivity contribution in [1.29, 1.82) is 0 Å². The van der Waals surface area contributed by atoms with Gasteiger partial charge in [-0.1, -0.05) is 30.3 Å². The van der Waals surface area contributed by atoms with Crippen LogP contribution in [-0.4, -0.2) is 63.2 Å². The van der Waals surface area contributed by atoms with Gasteiger partial charge in [-0.15, -0.1) is 0 Å². The predicted molar refractivity (Wildman–Crippen MR) is 108 cm³/mol. The lowest BCUT2D eigenvalue weighted by Crippen LogP contribution is -2.48. The van der Waals surface area contributed by atoms with Gasteiger partial charge >= 0.3 is 0 Å². The van der Waals surface area contributed by atoms with E-state index in [1.807, 2.05) is 23.1 Å². The van der Waals surface area contributed by atoms with Crippen molar-refractivity contribution in [3.63, 3.8) is 0 Å². The van der Waals surface area contributed by atoms with Gasteiger partial charge in [-0.25, -0.2) is 0 Å². The van der Waals surface area contributed by atoms with Crippen LogP contribution in [0.3, 0.4) is 0 Å². The number of hydrogen-bond donors (Lipinski definition) is 0. The van der Waals surface area contributed by atoms with E-state index in [4.69, 9.17) is 14.2 Å². The number of amides is 1. The third-order valence-corrected chi connectivity index (χ3v) is 5.05. The first-order valence-electron chi connectivity index (χ1n) is 9.47. The Labute approximate surface area is 166 Å². The zero-order valence-electron chi connectivity index (χ0n) is 16.8. The van der Waals surface area contributed by atoms with Gasteiger partial charge in [0.25, 0.3) is 0 Å². The third-order valence-electron chi connectivity index (χ3n) is 5.05. The van der Waals surface area contributed by atoms with Crippen LogP contribution in [0.1, 0.15) is 11.1 Å². The topological polar surface area (TPSA) is 51.2 Å². The number of methoxy groups -OCH3 is 3. The lowest BCUT2D eigenvalue weighted by atomic mass is 10.1. The summed E-state index contributed by atoms with van der Waals surface area (Å²) >= 11 is 0. The Hall–Kier alpha value is -2.73. The van der Waals surface area contributed by atoms with E-state index in [9.17, 15) is 4.79 Å². The van der Waals surface area contributed by atoms with Gasteiger partial charge in [0.2, 0.25) is 11.7 Å². The van der Waals surface area contributed by atoms with Crippen molar-refractivity contribution in [2.45, 2.75) is 13.0 Å². The number of benzene rings is 2. The van der Waals surface area contributed by atoms with E-state index in [-0.39, 0.29) is 5.91 Å². The maximum Gasteiger partial charge on any atom is 0.227 e. The molecular formula is C22H28N2O4. The molecule has 2 aromatic rings. The summed E-state index contributed by atoms with van der Waals surface area (Å²) in [4.78, 5) is 17.1. The highest BCUT2D eigenvalue weighted by molar-refractivity contribution is 5.79. The van der Waals surface area contributed by atoms with Gasteiger partial charge in [-0.2, -0.15) is 0 Å². The van der Waals surface area contributed by atoms with Gasteiger partial charge < -0.3 is 19.1 Å². The first-order valence-corrected chi connectivity index (χ1v) is 9.47. The third kappa shape index (κ3) is 4.75. The van der Waals surface area contributed by atoms with Gasteiger partial charge in [-0.05, 0) is 23.3 Å². The molecule has 6 heteroatoms. The molecule has 2 aromatic carbocycles. The molecule has 0 bridgehead atoms. The summed E-state index contributed by atoms with van der Waals surface area (Å²) in [5.41, 5.74) is 2.16. The molecule has 0 unspecified atom stereocenters. The van der Waals surface area contributed by atoms with Gasteiger partial charge in [-0.3, -0.25) is 9.69 Å². The van der Waals surface area contributed by atoms with Crippen molar-refractivity contribution in [1.82, 2.24) is 9.80 Å². The van der Waals surface area contributed by atoms with Gasteiger partial charge in [0.15, 0.2) is 11.5 Å². The summed E-state index contributed by atoms with van der Waals surface area (Å²) < 4.78 is 16.1. The minimum absolute atomic E-state index is 0.119. The molecule has 6 nitrogen and oxygen atoms in total. The molecule has 0 spiro atoms. The fourth-order valence-electron chi connectivity index (χ4n) is 3.52. The van der Waals surface area contributed by atoms with E-state index in [1.54, 1.807) is 21.3 Å². The molecule has 0 radical (unpaired) electrons. The Morgan fingerprint density at radius 1 is 0.857 bits per heavy atom. The SMILES string of the molecule is COc1cc(CC(=O)N2CCN(Cc3ccccc3)CC2)cc(OC)c1OC. The van der Waals surface area contributed by atoms with Crippen molar-refractivity contribution in [2.75, 3.05) is 47.5 Å². The highest BCUT2D eigenvalue weighted by Crippen LogP contribution is 2.38. The molecular weight excluding hydrogens is 356 g/mol. The molecule has 0 N–H and O–H groups in total.